The molecule has 1 N–H and O–H groups in total. The third-order valence-corrected chi connectivity index (χ3v) is 8.04. The number of hydrogen-bond donors (Lipinski definition) is 1. The van der Waals surface area contributed by atoms with E-state index in [1.165, 1.54) is 23.9 Å². The van der Waals surface area contributed by atoms with Crippen LogP contribution >= 0.6 is 11.8 Å². The number of nitro benzene ring substituents is 1. The number of aliphatic imine (C=N–C) groups is 1. The molecular formula is C22H31N3O8S2. The Bertz CT molecular complexity index is 1080. The molecule has 0 radical (unpaired) electrons. The topological polar surface area (TPSA) is 156 Å². The molecule has 11 nitrogen and oxygen atoms in total. The molecule has 0 amide bonds. The van der Waals surface area contributed by atoms with Crippen molar-refractivity contribution in [3.63, 3.8) is 0 Å². The summed E-state index contributed by atoms with van der Waals surface area (Å²) in [6.07, 6.45) is 2.45. The number of esters is 1. The summed E-state index contributed by atoms with van der Waals surface area (Å²) in [6, 6.07) is 4.80. The molecule has 35 heavy (non-hydrogen) atoms. The summed E-state index contributed by atoms with van der Waals surface area (Å²) in [5, 5.41) is 22.0. The Hall–Kier alpha value is -2.51. The lowest BCUT2D eigenvalue weighted by Crippen LogP contribution is -2.47. The molecule has 1 aliphatic rings. The highest BCUT2D eigenvalue weighted by Gasteiger charge is 2.43. The highest BCUT2D eigenvalue weighted by Crippen LogP contribution is 2.33. The zero-order chi connectivity index (χ0) is 26.4. The molecule has 2 rings (SSSR count). The number of aliphatic carboxylic acids is 1. The largest absolute Gasteiger partial charge is 0.481 e. The average Bonchev–Trinajstić information content (AvgIpc) is 3.21. The molecule has 0 bridgehead atoms. The van der Waals surface area contributed by atoms with Gasteiger partial charge in [-0.3, -0.25) is 24.7 Å². The lowest BCUT2D eigenvalue weighted by Gasteiger charge is -2.29. The Kier molecular flexibility index (Phi) is 9.81. The first kappa shape index (κ1) is 28.7. The first-order valence-electron chi connectivity index (χ1n) is 11.2. The van der Waals surface area contributed by atoms with E-state index in [2.05, 4.69) is 11.9 Å². The number of para-hydroxylation sites is 1. The second kappa shape index (κ2) is 12.0. The minimum atomic E-state index is -4.61. The van der Waals surface area contributed by atoms with E-state index >= 15 is 0 Å². The summed E-state index contributed by atoms with van der Waals surface area (Å²) in [5.41, 5.74) is -1.65. The lowest BCUT2D eigenvalue weighted by atomic mass is 10.1. The number of carboxylic acid groups (broad SMARTS) is 1. The molecule has 2 atom stereocenters. The van der Waals surface area contributed by atoms with Crippen LogP contribution in [0.5, 0.6) is 0 Å². The molecule has 1 aliphatic heterocycles. The van der Waals surface area contributed by atoms with Gasteiger partial charge in [0.25, 0.3) is 15.7 Å². The maximum absolute atomic E-state index is 13.7. The number of ether oxygens (including phenoxy) is 1. The number of rotatable bonds is 12. The van der Waals surface area contributed by atoms with Gasteiger partial charge in [-0.05, 0) is 39.7 Å². The van der Waals surface area contributed by atoms with Crippen molar-refractivity contribution < 1.29 is 32.8 Å². The van der Waals surface area contributed by atoms with Gasteiger partial charge in [-0.25, -0.2) is 8.42 Å². The van der Waals surface area contributed by atoms with Crippen molar-refractivity contribution in [3.05, 3.63) is 34.4 Å². The fourth-order valence-corrected chi connectivity index (χ4v) is 6.23. The standard InChI is InChI=1S/C22H31N3O8S2/c1-5-6-7-12-19-23-18(14-34-19)24(13-15(20(26)27)21(28)33-22(2,3)4)35(31,32)17-11-9-8-10-16(17)25(29)30/h8-11,15,18H,5-7,12-14H2,1-4H3,(H,26,27). The summed E-state index contributed by atoms with van der Waals surface area (Å²) < 4.78 is 33.3. The maximum atomic E-state index is 13.7. The summed E-state index contributed by atoms with van der Waals surface area (Å²) in [7, 11) is -4.61. The zero-order valence-corrected chi connectivity index (χ0v) is 21.8. The number of sulfonamides is 1. The van der Waals surface area contributed by atoms with Crippen LogP contribution < -0.4 is 0 Å². The minimum absolute atomic E-state index is 0.196. The van der Waals surface area contributed by atoms with Crippen LogP contribution in [0.2, 0.25) is 0 Å². The van der Waals surface area contributed by atoms with E-state index in [9.17, 15) is 33.2 Å². The molecule has 13 heteroatoms. The van der Waals surface area contributed by atoms with Crippen molar-refractivity contribution in [2.24, 2.45) is 10.9 Å². The number of nitrogens with zero attached hydrogens (tertiary/aromatic N) is 3. The molecule has 1 aromatic carbocycles. The number of hydrogen-bond acceptors (Lipinski definition) is 9. The molecule has 0 saturated heterocycles. The normalized spacial score (nSPS) is 17.2. The molecule has 0 aliphatic carbocycles. The lowest BCUT2D eigenvalue weighted by molar-refractivity contribution is -0.387. The fraction of sp³-hybridized carbons (Fsp3) is 0.591. The Morgan fingerprint density at radius 3 is 2.54 bits per heavy atom. The Balaban J connectivity index is 2.52. The van der Waals surface area contributed by atoms with Crippen LogP contribution in [0.1, 0.15) is 53.4 Å². The van der Waals surface area contributed by atoms with Gasteiger partial charge in [0.1, 0.15) is 11.8 Å². The quantitative estimate of drug-likeness (QED) is 0.140. The van der Waals surface area contributed by atoms with Gasteiger partial charge < -0.3 is 9.84 Å². The number of benzene rings is 1. The van der Waals surface area contributed by atoms with Crippen LogP contribution in [0.4, 0.5) is 5.69 Å². The van der Waals surface area contributed by atoms with Crippen molar-refractivity contribution >= 4 is 44.5 Å². The van der Waals surface area contributed by atoms with Crippen molar-refractivity contribution in [2.75, 3.05) is 12.3 Å². The molecule has 194 valence electrons. The first-order chi connectivity index (χ1) is 16.3. The van der Waals surface area contributed by atoms with Crippen LogP contribution in [-0.2, 0) is 24.3 Å². The smallest absolute Gasteiger partial charge is 0.322 e. The third-order valence-electron chi connectivity index (χ3n) is 5.02. The number of carboxylic acids is 1. The number of unbranched alkanes of at least 4 members (excludes halogenated alkanes) is 2. The van der Waals surface area contributed by atoms with E-state index in [0.717, 1.165) is 40.7 Å². The first-order valence-corrected chi connectivity index (χ1v) is 13.6. The van der Waals surface area contributed by atoms with Gasteiger partial charge in [-0.1, -0.05) is 31.9 Å². The molecule has 1 heterocycles. The van der Waals surface area contributed by atoms with E-state index in [0.29, 0.717) is 6.42 Å². The van der Waals surface area contributed by atoms with Gasteiger partial charge in [0.15, 0.2) is 10.8 Å². The van der Waals surface area contributed by atoms with Gasteiger partial charge in [-0.2, -0.15) is 4.31 Å². The monoisotopic (exact) mass is 529 g/mol. The van der Waals surface area contributed by atoms with Crippen LogP contribution in [-0.4, -0.2) is 63.8 Å². The number of carbonyl (C=O) groups excluding carboxylic acids is 1. The Morgan fingerprint density at radius 1 is 1.31 bits per heavy atom. The number of nitro groups is 1. The molecule has 2 unspecified atom stereocenters. The van der Waals surface area contributed by atoms with Crippen molar-refractivity contribution in [3.8, 4) is 0 Å². The fourth-order valence-electron chi connectivity index (χ4n) is 3.36. The van der Waals surface area contributed by atoms with E-state index in [-0.39, 0.29) is 5.75 Å². The highest BCUT2D eigenvalue weighted by molar-refractivity contribution is 8.14. The van der Waals surface area contributed by atoms with Crippen molar-refractivity contribution in [1.29, 1.82) is 0 Å². The second-order valence-electron chi connectivity index (χ2n) is 9.00. The average molecular weight is 530 g/mol. The second-order valence-corrected chi connectivity index (χ2v) is 11.9. The third kappa shape index (κ3) is 7.74. The maximum Gasteiger partial charge on any atom is 0.322 e. The molecule has 0 aromatic heterocycles. The van der Waals surface area contributed by atoms with E-state index in [1.807, 2.05) is 0 Å². The zero-order valence-electron chi connectivity index (χ0n) is 20.2. The van der Waals surface area contributed by atoms with Crippen LogP contribution in [0.25, 0.3) is 0 Å². The molecule has 1 aromatic rings. The number of thioether (sulfide) groups is 1. The molecule has 0 saturated carbocycles. The van der Waals surface area contributed by atoms with Gasteiger partial charge in [0.05, 0.1) is 9.97 Å². The summed E-state index contributed by atoms with van der Waals surface area (Å²) in [4.78, 5) is 39.2. The van der Waals surface area contributed by atoms with Crippen LogP contribution in [0, 0.1) is 16.0 Å². The molecular weight excluding hydrogens is 498 g/mol. The Labute approximate surface area is 209 Å². The van der Waals surface area contributed by atoms with Gasteiger partial charge in [0.2, 0.25) is 0 Å². The summed E-state index contributed by atoms with van der Waals surface area (Å²) in [6.45, 7) is 5.95. The van der Waals surface area contributed by atoms with Gasteiger partial charge in [0, 0.05) is 18.4 Å². The van der Waals surface area contributed by atoms with Crippen LogP contribution in [0.3, 0.4) is 0 Å². The molecule has 0 fully saturated rings. The summed E-state index contributed by atoms with van der Waals surface area (Å²) >= 11 is 1.35. The van der Waals surface area contributed by atoms with Gasteiger partial charge >= 0.3 is 11.9 Å². The SMILES string of the molecule is CCCCCC1=NC(N(CC(C(=O)O)C(=O)OC(C)(C)C)S(=O)(=O)c2ccccc2[N+](=O)[O-])CS1. The minimum Gasteiger partial charge on any atom is -0.481 e. The number of carbonyl (C=O) groups is 2. The van der Waals surface area contributed by atoms with Crippen molar-refractivity contribution in [2.45, 2.75) is 70.0 Å². The molecule has 0 spiro atoms. The predicted molar refractivity (Wildman–Crippen MR) is 132 cm³/mol. The van der Waals surface area contributed by atoms with Crippen LogP contribution in [0.15, 0.2) is 34.2 Å². The van der Waals surface area contributed by atoms with Gasteiger partial charge in [-0.15, -0.1) is 11.8 Å². The van der Waals surface area contributed by atoms with E-state index < -0.39 is 61.7 Å². The predicted octanol–water partition coefficient (Wildman–Crippen LogP) is 3.68. The van der Waals surface area contributed by atoms with E-state index in [1.54, 1.807) is 20.8 Å². The van der Waals surface area contributed by atoms with E-state index in [4.69, 9.17) is 4.74 Å². The highest BCUT2D eigenvalue weighted by atomic mass is 32.2. The van der Waals surface area contributed by atoms with Crippen molar-refractivity contribution in [1.82, 2.24) is 4.31 Å². The summed E-state index contributed by atoms with van der Waals surface area (Å²) in [5.74, 6) is -4.33. The Morgan fingerprint density at radius 2 is 1.97 bits per heavy atom.